The lowest BCUT2D eigenvalue weighted by atomic mass is 10.1. The van der Waals surface area contributed by atoms with Gasteiger partial charge in [-0.25, -0.2) is 4.98 Å². The van der Waals surface area contributed by atoms with E-state index in [2.05, 4.69) is 28.9 Å². The van der Waals surface area contributed by atoms with Crippen LogP contribution in [-0.4, -0.2) is 12.0 Å². The van der Waals surface area contributed by atoms with Crippen LogP contribution in [0.5, 0.6) is 0 Å². The van der Waals surface area contributed by atoms with E-state index in [1.807, 2.05) is 20.0 Å². The summed E-state index contributed by atoms with van der Waals surface area (Å²) >= 11 is 9.86. The van der Waals surface area contributed by atoms with Gasteiger partial charge in [0.1, 0.15) is 0 Å². The van der Waals surface area contributed by atoms with Gasteiger partial charge in [0.05, 0.1) is 20.2 Å². The lowest BCUT2D eigenvalue weighted by Gasteiger charge is -2.13. The van der Waals surface area contributed by atoms with E-state index in [0.29, 0.717) is 0 Å². The van der Waals surface area contributed by atoms with Gasteiger partial charge in [0.15, 0.2) is 0 Å². The highest BCUT2D eigenvalue weighted by atomic mass is 35.5. The maximum absolute atomic E-state index is 6.38. The Bertz CT molecular complexity index is 699. The van der Waals surface area contributed by atoms with Crippen molar-refractivity contribution in [2.24, 2.45) is 0 Å². The van der Waals surface area contributed by atoms with Gasteiger partial charge < -0.3 is 5.32 Å². The molecule has 5 heteroatoms. The van der Waals surface area contributed by atoms with Crippen molar-refractivity contribution in [3.05, 3.63) is 50.1 Å². The predicted octanol–water partition coefficient (Wildman–Crippen LogP) is 4.82. The summed E-state index contributed by atoms with van der Waals surface area (Å²) in [5.74, 6) is 0. The Hall–Kier alpha value is -0.940. The van der Waals surface area contributed by atoms with E-state index in [1.54, 1.807) is 22.7 Å². The van der Waals surface area contributed by atoms with E-state index in [-0.39, 0.29) is 6.04 Å². The first-order chi connectivity index (χ1) is 9.69. The van der Waals surface area contributed by atoms with Gasteiger partial charge in [0, 0.05) is 17.3 Å². The molecular weight excluding hydrogens is 308 g/mol. The molecule has 0 radical (unpaired) electrons. The second kappa shape index (κ2) is 5.82. The second-order valence-corrected chi connectivity index (χ2v) is 7.12. The van der Waals surface area contributed by atoms with Gasteiger partial charge in [-0.1, -0.05) is 23.7 Å². The minimum atomic E-state index is 0.224. The third-order valence-corrected chi connectivity index (χ3v) is 6.19. The van der Waals surface area contributed by atoms with Crippen molar-refractivity contribution < 1.29 is 0 Å². The average molecular weight is 323 g/mol. The van der Waals surface area contributed by atoms with Gasteiger partial charge >= 0.3 is 0 Å². The maximum Gasteiger partial charge on any atom is 0.0957 e. The van der Waals surface area contributed by atoms with Gasteiger partial charge in [-0.15, -0.1) is 22.7 Å². The zero-order chi connectivity index (χ0) is 14.1. The molecule has 0 fully saturated rings. The molecule has 0 bridgehead atoms. The van der Waals surface area contributed by atoms with Gasteiger partial charge in [-0.2, -0.15) is 0 Å². The van der Waals surface area contributed by atoms with Crippen LogP contribution in [0.3, 0.4) is 0 Å². The fraction of sp³-hybridized carbons (Fsp3) is 0.267. The monoisotopic (exact) mass is 322 g/mol. The van der Waals surface area contributed by atoms with Crippen LogP contribution in [0, 0.1) is 6.92 Å². The van der Waals surface area contributed by atoms with Crippen molar-refractivity contribution in [2.45, 2.75) is 19.4 Å². The molecule has 1 unspecified atom stereocenters. The summed E-state index contributed by atoms with van der Waals surface area (Å²) in [6.45, 7) is 2.05. The number of fused-ring (bicyclic) bond motifs is 1. The van der Waals surface area contributed by atoms with Crippen molar-refractivity contribution in [3.8, 4) is 0 Å². The normalized spacial score (nSPS) is 12.9. The van der Waals surface area contributed by atoms with Crippen LogP contribution in [-0.2, 0) is 6.42 Å². The second-order valence-electron chi connectivity index (χ2n) is 4.72. The minimum absolute atomic E-state index is 0.224. The van der Waals surface area contributed by atoms with Crippen molar-refractivity contribution in [1.82, 2.24) is 10.3 Å². The standard InChI is InChI=1S/C15H15ClN2S2/c1-9-8-19-15(14(9)16)11(17-2)7-13-18-10-5-3-4-6-12(10)20-13/h3-6,8,11,17H,7H2,1-2H3. The number of para-hydroxylation sites is 1. The molecule has 3 aromatic rings. The molecule has 0 aliphatic carbocycles. The van der Waals surface area contributed by atoms with Gasteiger partial charge in [0.2, 0.25) is 0 Å². The summed E-state index contributed by atoms with van der Waals surface area (Å²) in [5.41, 5.74) is 2.23. The zero-order valence-electron chi connectivity index (χ0n) is 11.3. The SMILES string of the molecule is CNC(Cc1nc2ccccc2s1)c1scc(C)c1Cl. The largest absolute Gasteiger partial charge is 0.312 e. The van der Waals surface area contributed by atoms with Gasteiger partial charge in [0.25, 0.3) is 0 Å². The van der Waals surface area contributed by atoms with Crippen LogP contribution in [0.1, 0.15) is 21.5 Å². The summed E-state index contributed by atoms with van der Waals surface area (Å²) in [4.78, 5) is 5.90. The molecule has 1 aromatic carbocycles. The summed E-state index contributed by atoms with van der Waals surface area (Å²) < 4.78 is 1.24. The number of rotatable bonds is 4. The maximum atomic E-state index is 6.38. The number of halogens is 1. The van der Waals surface area contributed by atoms with E-state index in [0.717, 1.165) is 27.5 Å². The third kappa shape index (κ3) is 2.61. The highest BCUT2D eigenvalue weighted by Crippen LogP contribution is 2.35. The number of likely N-dealkylation sites (N-methyl/N-ethyl adjacent to an activating group) is 1. The van der Waals surface area contributed by atoms with Crippen molar-refractivity contribution >= 4 is 44.5 Å². The lowest BCUT2D eigenvalue weighted by molar-refractivity contribution is 0.601. The highest BCUT2D eigenvalue weighted by molar-refractivity contribution is 7.18. The Labute approximate surface area is 131 Å². The number of thiophene rings is 1. The molecule has 104 valence electrons. The Morgan fingerprint density at radius 3 is 2.80 bits per heavy atom. The van der Waals surface area contributed by atoms with Crippen LogP contribution < -0.4 is 5.32 Å². The molecule has 0 aliphatic heterocycles. The van der Waals surface area contributed by atoms with Crippen LogP contribution in [0.4, 0.5) is 0 Å². The van der Waals surface area contributed by atoms with E-state index in [9.17, 15) is 0 Å². The zero-order valence-corrected chi connectivity index (χ0v) is 13.7. The first kappa shape index (κ1) is 14.0. The van der Waals surface area contributed by atoms with E-state index in [4.69, 9.17) is 16.6 Å². The smallest absolute Gasteiger partial charge is 0.0957 e. The molecule has 2 heterocycles. The fourth-order valence-electron chi connectivity index (χ4n) is 2.19. The molecule has 0 saturated heterocycles. The van der Waals surface area contributed by atoms with E-state index in [1.165, 1.54) is 9.58 Å². The number of aromatic nitrogens is 1. The van der Waals surface area contributed by atoms with E-state index >= 15 is 0 Å². The number of nitrogens with zero attached hydrogens (tertiary/aromatic N) is 1. The van der Waals surface area contributed by atoms with Crippen LogP contribution in [0.2, 0.25) is 5.02 Å². The molecule has 1 atom stereocenters. The fourth-order valence-corrected chi connectivity index (χ4v) is 4.64. The number of hydrogen-bond donors (Lipinski definition) is 1. The molecule has 0 saturated carbocycles. The van der Waals surface area contributed by atoms with Crippen LogP contribution in [0.25, 0.3) is 10.2 Å². The van der Waals surface area contributed by atoms with Crippen LogP contribution >= 0.6 is 34.3 Å². The molecule has 0 spiro atoms. The summed E-state index contributed by atoms with van der Waals surface area (Å²) in [6, 6.07) is 8.49. The summed E-state index contributed by atoms with van der Waals surface area (Å²) in [6.07, 6.45) is 0.871. The Morgan fingerprint density at radius 1 is 1.35 bits per heavy atom. The number of hydrogen-bond acceptors (Lipinski definition) is 4. The van der Waals surface area contributed by atoms with Crippen molar-refractivity contribution in [2.75, 3.05) is 7.05 Å². The highest BCUT2D eigenvalue weighted by Gasteiger charge is 2.18. The summed E-state index contributed by atoms with van der Waals surface area (Å²) in [5, 5.41) is 7.50. The Balaban J connectivity index is 1.89. The van der Waals surface area contributed by atoms with Crippen molar-refractivity contribution in [1.29, 1.82) is 0 Å². The van der Waals surface area contributed by atoms with Crippen LogP contribution in [0.15, 0.2) is 29.6 Å². The van der Waals surface area contributed by atoms with E-state index < -0.39 is 0 Å². The molecule has 0 amide bonds. The van der Waals surface area contributed by atoms with Gasteiger partial charge in [-0.05, 0) is 37.0 Å². The summed E-state index contributed by atoms with van der Waals surface area (Å²) in [7, 11) is 1.98. The molecular formula is C15H15ClN2S2. The Kier molecular flexibility index (Phi) is 4.08. The molecule has 2 nitrogen and oxygen atoms in total. The molecule has 0 aliphatic rings. The average Bonchev–Trinajstić information content (AvgIpc) is 3.01. The Morgan fingerprint density at radius 2 is 2.15 bits per heavy atom. The predicted molar refractivity (Wildman–Crippen MR) is 89.2 cm³/mol. The van der Waals surface area contributed by atoms with Crippen molar-refractivity contribution in [3.63, 3.8) is 0 Å². The molecule has 3 rings (SSSR count). The first-order valence-electron chi connectivity index (χ1n) is 6.44. The molecule has 1 N–H and O–H groups in total. The minimum Gasteiger partial charge on any atom is -0.312 e. The topological polar surface area (TPSA) is 24.9 Å². The quantitative estimate of drug-likeness (QED) is 0.744. The number of nitrogens with one attached hydrogen (secondary N) is 1. The number of aryl methyl sites for hydroxylation is 1. The first-order valence-corrected chi connectivity index (χ1v) is 8.51. The third-order valence-electron chi connectivity index (χ3n) is 3.31. The molecule has 2 aromatic heterocycles. The molecule has 20 heavy (non-hydrogen) atoms. The van der Waals surface area contributed by atoms with Gasteiger partial charge in [-0.3, -0.25) is 0 Å². The number of benzene rings is 1. The lowest BCUT2D eigenvalue weighted by Crippen LogP contribution is -2.18. The number of thiazole rings is 1.